The summed E-state index contributed by atoms with van der Waals surface area (Å²) in [5.74, 6) is -0.0201. The molecule has 152 valence electrons. The predicted molar refractivity (Wildman–Crippen MR) is 109 cm³/mol. The average Bonchev–Trinajstić information content (AvgIpc) is 3.17. The van der Waals surface area contributed by atoms with E-state index in [2.05, 4.69) is 27.3 Å². The first-order valence-corrected chi connectivity index (χ1v) is 9.55. The minimum absolute atomic E-state index is 0.0201. The molecule has 1 amide bonds. The Kier molecular flexibility index (Phi) is 4.83. The van der Waals surface area contributed by atoms with Crippen LogP contribution in [0.3, 0.4) is 0 Å². The Hall–Kier alpha value is -3.20. The van der Waals surface area contributed by atoms with Gasteiger partial charge in [0.2, 0.25) is 5.91 Å². The lowest BCUT2D eigenvalue weighted by molar-refractivity contribution is -0.126. The van der Waals surface area contributed by atoms with Crippen molar-refractivity contribution in [1.82, 2.24) is 28.9 Å². The fourth-order valence-corrected chi connectivity index (χ4v) is 4.04. The molecule has 1 N–H and O–H groups in total. The second-order valence-electron chi connectivity index (χ2n) is 7.39. The maximum atomic E-state index is 12.6. The second-order valence-corrected chi connectivity index (χ2v) is 7.39. The monoisotopic (exact) mass is 396 g/mol. The third kappa shape index (κ3) is 3.17. The highest BCUT2D eigenvalue weighted by atomic mass is 16.2. The first kappa shape index (κ1) is 19.1. The molecule has 29 heavy (non-hydrogen) atoms. The second kappa shape index (κ2) is 7.32. The van der Waals surface area contributed by atoms with E-state index in [0.29, 0.717) is 37.2 Å². The summed E-state index contributed by atoms with van der Waals surface area (Å²) in [5.41, 5.74) is 2.39. The number of carbonyl (C=O) groups excluding carboxylic acids is 1. The maximum Gasteiger partial charge on any atom is 0.332 e. The third-order valence-corrected chi connectivity index (χ3v) is 5.74. The van der Waals surface area contributed by atoms with E-state index in [0.717, 1.165) is 4.57 Å². The average molecular weight is 396 g/mol. The SMILES string of the molecule is CNC(=O)[C@@H]1Cc2ccccc2CN1CCn1cnc2c1c(=O)n(C)c(=O)n2C. The Morgan fingerprint density at radius 2 is 1.86 bits per heavy atom. The van der Waals surface area contributed by atoms with Crippen molar-refractivity contribution in [2.45, 2.75) is 25.6 Å². The first-order valence-electron chi connectivity index (χ1n) is 9.55. The molecule has 0 saturated heterocycles. The van der Waals surface area contributed by atoms with Gasteiger partial charge >= 0.3 is 5.69 Å². The molecule has 1 atom stereocenters. The molecule has 0 aliphatic carbocycles. The fourth-order valence-electron chi connectivity index (χ4n) is 4.04. The van der Waals surface area contributed by atoms with Crippen LogP contribution >= 0.6 is 0 Å². The number of aryl methyl sites for hydroxylation is 1. The smallest absolute Gasteiger partial charge is 0.332 e. The number of benzene rings is 1. The van der Waals surface area contributed by atoms with Crippen molar-refractivity contribution in [2.24, 2.45) is 14.1 Å². The van der Waals surface area contributed by atoms with Gasteiger partial charge in [-0.2, -0.15) is 0 Å². The number of hydrogen-bond donors (Lipinski definition) is 1. The van der Waals surface area contributed by atoms with Gasteiger partial charge in [-0.1, -0.05) is 24.3 Å². The van der Waals surface area contributed by atoms with E-state index in [1.807, 2.05) is 12.1 Å². The van der Waals surface area contributed by atoms with E-state index in [4.69, 9.17) is 0 Å². The van der Waals surface area contributed by atoms with E-state index < -0.39 is 5.69 Å². The molecule has 3 aromatic rings. The van der Waals surface area contributed by atoms with E-state index >= 15 is 0 Å². The Morgan fingerprint density at radius 1 is 1.14 bits per heavy atom. The highest BCUT2D eigenvalue weighted by molar-refractivity contribution is 5.82. The number of fused-ring (bicyclic) bond motifs is 2. The van der Waals surface area contributed by atoms with Crippen LogP contribution in [0, 0.1) is 0 Å². The number of nitrogens with zero attached hydrogens (tertiary/aromatic N) is 5. The van der Waals surface area contributed by atoms with Crippen molar-refractivity contribution < 1.29 is 4.79 Å². The summed E-state index contributed by atoms with van der Waals surface area (Å²) in [7, 11) is 4.71. The summed E-state index contributed by atoms with van der Waals surface area (Å²) < 4.78 is 4.22. The zero-order valence-corrected chi connectivity index (χ0v) is 16.8. The molecule has 1 aliphatic heterocycles. The lowest BCUT2D eigenvalue weighted by Crippen LogP contribution is -2.50. The van der Waals surface area contributed by atoms with Crippen molar-refractivity contribution in [1.29, 1.82) is 0 Å². The number of hydrogen-bond acceptors (Lipinski definition) is 5. The number of nitrogens with one attached hydrogen (secondary N) is 1. The summed E-state index contributed by atoms with van der Waals surface area (Å²) in [5, 5.41) is 2.76. The molecule has 4 rings (SSSR count). The predicted octanol–water partition coefficient (Wildman–Crippen LogP) is -0.393. The van der Waals surface area contributed by atoms with Crippen LogP contribution in [0.4, 0.5) is 0 Å². The van der Waals surface area contributed by atoms with Crippen LogP contribution in [0.5, 0.6) is 0 Å². The molecule has 3 heterocycles. The van der Waals surface area contributed by atoms with Crippen LogP contribution in [0.25, 0.3) is 11.2 Å². The van der Waals surface area contributed by atoms with Crippen LogP contribution in [0.15, 0.2) is 40.2 Å². The van der Waals surface area contributed by atoms with Gasteiger partial charge in [-0.05, 0) is 17.5 Å². The molecule has 0 spiro atoms. The van der Waals surface area contributed by atoms with Gasteiger partial charge in [-0.25, -0.2) is 9.78 Å². The minimum Gasteiger partial charge on any atom is -0.358 e. The van der Waals surface area contributed by atoms with Gasteiger partial charge in [-0.3, -0.25) is 23.6 Å². The Morgan fingerprint density at radius 3 is 2.59 bits per heavy atom. The van der Waals surface area contributed by atoms with Gasteiger partial charge in [0.25, 0.3) is 5.56 Å². The summed E-state index contributed by atoms with van der Waals surface area (Å²) in [6.07, 6.45) is 2.23. The van der Waals surface area contributed by atoms with Gasteiger partial charge in [0.05, 0.1) is 12.4 Å². The van der Waals surface area contributed by atoms with Crippen LogP contribution in [-0.4, -0.2) is 49.1 Å². The molecule has 0 unspecified atom stereocenters. The molecule has 0 fully saturated rings. The molecule has 0 radical (unpaired) electrons. The molecule has 1 aliphatic rings. The highest BCUT2D eigenvalue weighted by Crippen LogP contribution is 2.23. The molecular formula is C20H24N6O3. The largest absolute Gasteiger partial charge is 0.358 e. The van der Waals surface area contributed by atoms with Crippen LogP contribution in [0.2, 0.25) is 0 Å². The molecule has 9 heteroatoms. The molecular weight excluding hydrogens is 372 g/mol. The van der Waals surface area contributed by atoms with Crippen LogP contribution < -0.4 is 16.6 Å². The van der Waals surface area contributed by atoms with Crippen molar-refractivity contribution in [3.63, 3.8) is 0 Å². The summed E-state index contributed by atoms with van der Waals surface area (Å²) in [4.78, 5) is 43.6. The lowest BCUT2D eigenvalue weighted by atomic mass is 9.93. The standard InChI is InChI=1S/C20H24N6O3/c1-21-18(27)15-10-13-6-4-5-7-14(13)11-25(15)8-9-26-12-22-17-16(26)19(28)24(3)20(29)23(17)2/h4-7,12,15H,8-11H2,1-3H3,(H,21,27)/t15-/m0/s1. The topological polar surface area (TPSA) is 94.2 Å². The third-order valence-electron chi connectivity index (χ3n) is 5.74. The quantitative estimate of drug-likeness (QED) is 0.648. The van der Waals surface area contributed by atoms with Crippen molar-refractivity contribution in [3.05, 3.63) is 62.6 Å². The Balaban J connectivity index is 1.65. The fraction of sp³-hybridized carbons (Fsp3) is 0.400. The number of carbonyl (C=O) groups is 1. The van der Waals surface area contributed by atoms with Gasteiger partial charge in [-0.15, -0.1) is 0 Å². The van der Waals surface area contributed by atoms with Gasteiger partial charge in [0.1, 0.15) is 0 Å². The summed E-state index contributed by atoms with van der Waals surface area (Å²) >= 11 is 0. The zero-order valence-electron chi connectivity index (χ0n) is 16.8. The normalized spacial score (nSPS) is 16.7. The maximum absolute atomic E-state index is 12.6. The highest BCUT2D eigenvalue weighted by Gasteiger charge is 2.30. The van der Waals surface area contributed by atoms with Gasteiger partial charge in [0.15, 0.2) is 11.2 Å². The van der Waals surface area contributed by atoms with Gasteiger partial charge in [0, 0.05) is 40.8 Å². The molecule has 9 nitrogen and oxygen atoms in total. The van der Waals surface area contributed by atoms with Crippen molar-refractivity contribution in [3.8, 4) is 0 Å². The summed E-state index contributed by atoms with van der Waals surface area (Å²) in [6, 6.07) is 7.88. The molecule has 1 aromatic carbocycles. The number of aromatic nitrogens is 4. The van der Waals surface area contributed by atoms with Crippen LogP contribution in [-0.2, 0) is 38.4 Å². The van der Waals surface area contributed by atoms with Crippen molar-refractivity contribution in [2.75, 3.05) is 13.6 Å². The number of imidazole rings is 1. The Bertz CT molecular complexity index is 1210. The number of rotatable bonds is 4. The number of amides is 1. The molecule has 0 bridgehead atoms. The van der Waals surface area contributed by atoms with Crippen molar-refractivity contribution >= 4 is 17.1 Å². The number of likely N-dealkylation sites (N-methyl/N-ethyl adjacent to an activating group) is 1. The molecule has 2 aromatic heterocycles. The van der Waals surface area contributed by atoms with E-state index in [9.17, 15) is 14.4 Å². The minimum atomic E-state index is -0.403. The molecule has 0 saturated carbocycles. The van der Waals surface area contributed by atoms with E-state index in [-0.39, 0.29) is 17.5 Å². The van der Waals surface area contributed by atoms with Crippen LogP contribution in [0.1, 0.15) is 11.1 Å². The summed E-state index contributed by atoms with van der Waals surface area (Å²) in [6.45, 7) is 1.72. The van der Waals surface area contributed by atoms with Gasteiger partial charge < -0.3 is 9.88 Å². The Labute approximate surface area is 167 Å². The van der Waals surface area contributed by atoms with E-state index in [1.165, 1.54) is 22.7 Å². The lowest BCUT2D eigenvalue weighted by Gasteiger charge is -2.35. The van der Waals surface area contributed by atoms with E-state index in [1.54, 1.807) is 25.0 Å². The zero-order chi connectivity index (χ0) is 20.7. The first-order chi connectivity index (χ1) is 13.9.